The first kappa shape index (κ1) is 12.5. The lowest BCUT2D eigenvalue weighted by atomic mass is 10.1. The van der Waals surface area contributed by atoms with Crippen LogP contribution in [-0.4, -0.2) is 23.7 Å². The molecule has 2 aromatic rings. The Morgan fingerprint density at radius 2 is 2.24 bits per heavy atom. The van der Waals surface area contributed by atoms with Crippen molar-refractivity contribution < 1.29 is 4.52 Å². The summed E-state index contributed by atoms with van der Waals surface area (Å²) < 4.78 is 6.45. The van der Waals surface area contributed by atoms with Gasteiger partial charge in [-0.15, -0.1) is 0 Å². The number of likely N-dealkylation sites (N-methyl/N-ethyl adjacent to an activating group) is 1. The van der Waals surface area contributed by atoms with Crippen molar-refractivity contribution in [1.82, 2.24) is 15.5 Å². The number of hydrogen-bond acceptors (Lipinski definition) is 4. The van der Waals surface area contributed by atoms with E-state index >= 15 is 0 Å². The Kier molecular flexibility index (Phi) is 4.11. The number of benzene rings is 1. The summed E-state index contributed by atoms with van der Waals surface area (Å²) in [5, 5.41) is 7.03. The highest BCUT2D eigenvalue weighted by atomic mass is 127. The molecule has 0 aliphatic carbocycles. The van der Waals surface area contributed by atoms with Gasteiger partial charge in [-0.1, -0.05) is 17.3 Å². The van der Waals surface area contributed by atoms with Crippen LogP contribution in [0.3, 0.4) is 0 Å². The maximum absolute atomic E-state index is 5.29. The van der Waals surface area contributed by atoms with E-state index in [1.54, 1.807) is 0 Å². The number of nitrogens with zero attached hydrogens (tertiary/aromatic N) is 2. The number of halogens is 1. The van der Waals surface area contributed by atoms with Gasteiger partial charge in [-0.25, -0.2) is 0 Å². The lowest BCUT2D eigenvalue weighted by Crippen LogP contribution is -2.11. The Balaban J connectivity index is 2.27. The van der Waals surface area contributed by atoms with Gasteiger partial charge in [0.05, 0.1) is 5.56 Å². The third-order valence-electron chi connectivity index (χ3n) is 2.49. The molecule has 17 heavy (non-hydrogen) atoms. The molecule has 1 heterocycles. The molecule has 0 saturated heterocycles. The first-order chi connectivity index (χ1) is 8.22. The summed E-state index contributed by atoms with van der Waals surface area (Å²) in [5.74, 6) is 1.34. The average molecular weight is 343 g/mol. The highest BCUT2D eigenvalue weighted by molar-refractivity contribution is 14.1. The molecule has 0 radical (unpaired) electrons. The number of nitrogens with one attached hydrogen (secondary N) is 1. The summed E-state index contributed by atoms with van der Waals surface area (Å²) in [4.78, 5) is 4.40. The van der Waals surface area contributed by atoms with Gasteiger partial charge in [0, 0.05) is 16.5 Å². The third kappa shape index (κ3) is 2.84. The first-order valence-electron chi connectivity index (χ1n) is 5.45. The molecule has 0 amide bonds. The minimum Gasteiger partial charge on any atom is -0.334 e. The summed E-state index contributed by atoms with van der Waals surface area (Å²) in [6.45, 7) is 2.92. The molecule has 0 fully saturated rings. The van der Waals surface area contributed by atoms with Crippen LogP contribution in [0, 0.1) is 10.5 Å². The Morgan fingerprint density at radius 1 is 1.41 bits per heavy atom. The maximum Gasteiger partial charge on any atom is 0.259 e. The monoisotopic (exact) mass is 343 g/mol. The van der Waals surface area contributed by atoms with Gasteiger partial charge in [0.1, 0.15) is 0 Å². The maximum atomic E-state index is 5.29. The van der Waals surface area contributed by atoms with Crippen LogP contribution in [0.15, 0.2) is 22.7 Å². The molecule has 5 heteroatoms. The van der Waals surface area contributed by atoms with E-state index in [0.29, 0.717) is 5.89 Å². The molecule has 0 aliphatic rings. The minimum absolute atomic E-state index is 0.601. The van der Waals surface area contributed by atoms with Gasteiger partial charge < -0.3 is 9.84 Å². The molecular weight excluding hydrogens is 329 g/mol. The highest BCUT2D eigenvalue weighted by Crippen LogP contribution is 2.25. The molecule has 1 aromatic carbocycles. The van der Waals surface area contributed by atoms with Crippen molar-refractivity contribution in [1.29, 1.82) is 0 Å². The van der Waals surface area contributed by atoms with Crippen LogP contribution >= 0.6 is 22.6 Å². The Labute approximate surface area is 114 Å². The Hall–Kier alpha value is -0.950. The molecule has 0 bridgehead atoms. The van der Waals surface area contributed by atoms with E-state index in [1.807, 2.05) is 19.2 Å². The van der Waals surface area contributed by atoms with E-state index in [2.05, 4.69) is 51.0 Å². The molecule has 0 saturated carbocycles. The van der Waals surface area contributed by atoms with E-state index in [0.717, 1.165) is 27.9 Å². The Morgan fingerprint density at radius 3 is 3.00 bits per heavy atom. The van der Waals surface area contributed by atoms with Crippen molar-refractivity contribution in [3.63, 3.8) is 0 Å². The molecule has 0 unspecified atom stereocenters. The van der Waals surface area contributed by atoms with Crippen molar-refractivity contribution in [2.75, 3.05) is 13.6 Å². The summed E-state index contributed by atoms with van der Waals surface area (Å²) in [6, 6.07) is 6.08. The topological polar surface area (TPSA) is 51.0 Å². The fourth-order valence-electron chi connectivity index (χ4n) is 1.51. The average Bonchev–Trinajstić information content (AvgIpc) is 2.78. The van der Waals surface area contributed by atoms with Crippen molar-refractivity contribution in [3.05, 3.63) is 33.2 Å². The lowest BCUT2D eigenvalue weighted by molar-refractivity contribution is 0.422. The molecular formula is C12H14IN3O. The molecule has 0 aliphatic heterocycles. The highest BCUT2D eigenvalue weighted by Gasteiger charge is 2.12. The predicted octanol–water partition coefficient (Wildman–Crippen LogP) is 2.41. The summed E-state index contributed by atoms with van der Waals surface area (Å²) in [7, 11) is 1.91. The molecule has 1 N–H and O–H groups in total. The van der Waals surface area contributed by atoms with Gasteiger partial charge in [-0.2, -0.15) is 4.98 Å². The standard InChI is InChI=1S/C12H14IN3O/c1-8-4-3-5-9(11(8)13)12-15-10(16-17-12)6-7-14-2/h3-5,14H,6-7H2,1-2H3. The zero-order valence-electron chi connectivity index (χ0n) is 9.83. The van der Waals surface area contributed by atoms with E-state index in [9.17, 15) is 0 Å². The smallest absolute Gasteiger partial charge is 0.259 e. The summed E-state index contributed by atoms with van der Waals surface area (Å²) >= 11 is 2.31. The summed E-state index contributed by atoms with van der Waals surface area (Å²) in [6.07, 6.45) is 0.780. The van der Waals surface area contributed by atoms with Crippen LogP contribution in [0.25, 0.3) is 11.5 Å². The second kappa shape index (κ2) is 5.59. The fourth-order valence-corrected chi connectivity index (χ4v) is 2.10. The van der Waals surface area contributed by atoms with Gasteiger partial charge in [-0.05, 0) is 48.2 Å². The van der Waals surface area contributed by atoms with E-state index in [4.69, 9.17) is 4.52 Å². The van der Waals surface area contributed by atoms with Crippen LogP contribution in [-0.2, 0) is 6.42 Å². The number of hydrogen-bond donors (Lipinski definition) is 1. The van der Waals surface area contributed by atoms with Crippen molar-refractivity contribution in [3.8, 4) is 11.5 Å². The second-order valence-corrected chi connectivity index (χ2v) is 4.88. The first-order valence-corrected chi connectivity index (χ1v) is 6.53. The molecule has 1 aromatic heterocycles. The fraction of sp³-hybridized carbons (Fsp3) is 0.333. The van der Waals surface area contributed by atoms with Crippen LogP contribution in [0.5, 0.6) is 0 Å². The van der Waals surface area contributed by atoms with Crippen LogP contribution in [0.4, 0.5) is 0 Å². The lowest BCUT2D eigenvalue weighted by Gasteiger charge is -2.01. The second-order valence-electron chi connectivity index (χ2n) is 3.81. The minimum atomic E-state index is 0.601. The van der Waals surface area contributed by atoms with Crippen molar-refractivity contribution in [2.24, 2.45) is 0 Å². The number of rotatable bonds is 4. The molecule has 4 nitrogen and oxygen atoms in total. The van der Waals surface area contributed by atoms with Gasteiger partial charge in [0.15, 0.2) is 5.82 Å². The van der Waals surface area contributed by atoms with Crippen LogP contribution in [0.2, 0.25) is 0 Å². The molecule has 0 atom stereocenters. The largest absolute Gasteiger partial charge is 0.334 e. The Bertz CT molecular complexity index is 510. The molecule has 2 rings (SSSR count). The van der Waals surface area contributed by atoms with Crippen molar-refractivity contribution in [2.45, 2.75) is 13.3 Å². The summed E-state index contributed by atoms with van der Waals surface area (Å²) in [5.41, 5.74) is 2.23. The zero-order valence-corrected chi connectivity index (χ0v) is 12.0. The third-order valence-corrected chi connectivity index (χ3v) is 3.92. The van der Waals surface area contributed by atoms with E-state index < -0.39 is 0 Å². The van der Waals surface area contributed by atoms with Crippen molar-refractivity contribution >= 4 is 22.6 Å². The van der Waals surface area contributed by atoms with E-state index in [1.165, 1.54) is 5.56 Å². The van der Waals surface area contributed by atoms with Gasteiger partial charge in [0.2, 0.25) is 0 Å². The zero-order chi connectivity index (χ0) is 12.3. The number of aryl methyl sites for hydroxylation is 1. The van der Waals surface area contributed by atoms with Gasteiger partial charge in [0.25, 0.3) is 5.89 Å². The molecule has 0 spiro atoms. The number of aromatic nitrogens is 2. The van der Waals surface area contributed by atoms with Gasteiger partial charge in [-0.3, -0.25) is 0 Å². The quantitative estimate of drug-likeness (QED) is 0.867. The normalized spacial score (nSPS) is 10.8. The molecule has 90 valence electrons. The van der Waals surface area contributed by atoms with Gasteiger partial charge >= 0.3 is 0 Å². The van der Waals surface area contributed by atoms with E-state index in [-0.39, 0.29) is 0 Å². The predicted molar refractivity (Wildman–Crippen MR) is 74.8 cm³/mol. The SMILES string of the molecule is CNCCc1noc(-c2cccc(C)c2I)n1. The van der Waals surface area contributed by atoms with Crippen LogP contribution < -0.4 is 5.32 Å². The van der Waals surface area contributed by atoms with Crippen LogP contribution in [0.1, 0.15) is 11.4 Å².